The number of amides is 1. The van der Waals surface area contributed by atoms with E-state index < -0.39 is 17.6 Å². The SMILES string of the molecule is C#Cc1cccc2cccc(-c3ncc4c(N5CCC6(CC5)CN(C(=O)/C(F)=C/c5ccccn5)C6)nc(OC)nc4c3F)c12. The van der Waals surface area contributed by atoms with Gasteiger partial charge in [-0.1, -0.05) is 42.3 Å². The van der Waals surface area contributed by atoms with E-state index in [0.29, 0.717) is 54.2 Å². The van der Waals surface area contributed by atoms with E-state index in [0.717, 1.165) is 29.7 Å². The summed E-state index contributed by atoms with van der Waals surface area (Å²) in [6, 6.07) is 16.4. The number of ether oxygens (including phenoxy) is 1. The number of nitrogens with zero attached hydrogens (tertiary/aromatic N) is 6. The van der Waals surface area contributed by atoms with E-state index in [4.69, 9.17) is 11.2 Å². The van der Waals surface area contributed by atoms with Gasteiger partial charge in [0.25, 0.3) is 5.91 Å². The molecule has 0 bridgehead atoms. The Labute approximate surface area is 258 Å². The molecule has 0 radical (unpaired) electrons. The maximum atomic E-state index is 16.3. The van der Waals surface area contributed by atoms with Gasteiger partial charge in [0.2, 0.25) is 0 Å². The third-order valence-corrected chi connectivity index (χ3v) is 8.77. The summed E-state index contributed by atoms with van der Waals surface area (Å²) in [6.07, 6.45) is 11.6. The molecule has 0 atom stereocenters. The predicted molar refractivity (Wildman–Crippen MR) is 169 cm³/mol. The molecule has 7 rings (SSSR count). The van der Waals surface area contributed by atoms with E-state index in [1.807, 2.05) is 30.3 Å². The van der Waals surface area contributed by atoms with Gasteiger partial charge in [0.1, 0.15) is 17.0 Å². The molecule has 5 heterocycles. The Morgan fingerprint density at radius 2 is 1.82 bits per heavy atom. The number of carbonyl (C=O) groups is 1. The van der Waals surface area contributed by atoms with Crippen LogP contribution in [0, 0.1) is 23.6 Å². The number of carbonyl (C=O) groups excluding carboxylic acids is 1. The van der Waals surface area contributed by atoms with Crippen LogP contribution in [0.25, 0.3) is 39.0 Å². The zero-order chi connectivity index (χ0) is 31.1. The van der Waals surface area contributed by atoms with Crippen molar-refractivity contribution in [2.45, 2.75) is 12.8 Å². The van der Waals surface area contributed by atoms with E-state index in [1.54, 1.807) is 36.7 Å². The van der Waals surface area contributed by atoms with Gasteiger partial charge in [0.05, 0.1) is 18.2 Å². The number of likely N-dealkylation sites (tertiary alicyclic amines) is 1. The van der Waals surface area contributed by atoms with Crippen molar-refractivity contribution in [1.29, 1.82) is 0 Å². The van der Waals surface area contributed by atoms with Crippen LogP contribution in [0.3, 0.4) is 0 Å². The van der Waals surface area contributed by atoms with Crippen LogP contribution in [0.2, 0.25) is 0 Å². The predicted octanol–water partition coefficient (Wildman–Crippen LogP) is 5.81. The first-order valence-electron chi connectivity index (χ1n) is 14.6. The highest BCUT2D eigenvalue weighted by Crippen LogP contribution is 2.43. The summed E-state index contributed by atoms with van der Waals surface area (Å²) in [6.45, 7) is 2.17. The first-order chi connectivity index (χ1) is 21.9. The van der Waals surface area contributed by atoms with Gasteiger partial charge in [0.15, 0.2) is 11.6 Å². The maximum absolute atomic E-state index is 16.3. The van der Waals surface area contributed by atoms with Crippen molar-refractivity contribution in [3.05, 3.63) is 89.9 Å². The second kappa shape index (κ2) is 11.2. The number of methoxy groups -OCH3 is 1. The van der Waals surface area contributed by atoms with E-state index in [9.17, 15) is 9.18 Å². The third kappa shape index (κ3) is 5.00. The Morgan fingerprint density at radius 1 is 1.04 bits per heavy atom. The Bertz CT molecular complexity index is 2020. The van der Waals surface area contributed by atoms with Crippen LogP contribution in [-0.2, 0) is 4.79 Å². The minimum Gasteiger partial charge on any atom is -0.467 e. The molecule has 0 unspecified atom stereocenters. The fourth-order valence-electron chi connectivity index (χ4n) is 6.42. The second-order valence-electron chi connectivity index (χ2n) is 11.5. The van der Waals surface area contributed by atoms with Gasteiger partial charge >= 0.3 is 6.01 Å². The van der Waals surface area contributed by atoms with Crippen LogP contribution < -0.4 is 9.64 Å². The standard InChI is InChI=1S/C35H28F2N6O2/c1-3-22-8-6-9-23-10-7-12-25(28(22)23)30-29(37)31-26(19-39-30)32(41-34(40-31)45-2)42-16-13-35(14-17-42)20-43(21-35)33(44)27(36)18-24-11-4-5-15-38-24/h1,4-12,15,18-19H,13-14,16-17,20-21H2,2H3/b27-18-. The molecule has 3 aromatic heterocycles. The highest BCUT2D eigenvalue weighted by atomic mass is 19.1. The summed E-state index contributed by atoms with van der Waals surface area (Å²) in [4.78, 5) is 33.9. The molecule has 8 nitrogen and oxygen atoms in total. The molecule has 0 N–H and O–H groups in total. The number of pyridine rings is 2. The lowest BCUT2D eigenvalue weighted by atomic mass is 9.72. The lowest BCUT2D eigenvalue weighted by molar-refractivity contribution is -0.141. The summed E-state index contributed by atoms with van der Waals surface area (Å²) < 4.78 is 36.4. The van der Waals surface area contributed by atoms with Crippen molar-refractivity contribution < 1.29 is 18.3 Å². The molecule has 224 valence electrons. The lowest BCUT2D eigenvalue weighted by Crippen LogP contribution is -2.62. The quantitative estimate of drug-likeness (QED) is 0.186. The molecule has 0 aliphatic carbocycles. The van der Waals surface area contributed by atoms with Crippen LogP contribution in [0.1, 0.15) is 24.1 Å². The Morgan fingerprint density at radius 3 is 2.53 bits per heavy atom. The van der Waals surface area contributed by atoms with Gasteiger partial charge < -0.3 is 14.5 Å². The molecule has 45 heavy (non-hydrogen) atoms. The minimum absolute atomic E-state index is 0.0478. The number of halogens is 2. The number of piperidine rings is 1. The van der Waals surface area contributed by atoms with Gasteiger partial charge in [-0.2, -0.15) is 9.97 Å². The summed E-state index contributed by atoms with van der Waals surface area (Å²) in [5.41, 5.74) is 1.76. The second-order valence-corrected chi connectivity index (χ2v) is 11.5. The van der Waals surface area contributed by atoms with Crippen molar-refractivity contribution in [2.75, 3.05) is 38.2 Å². The molecule has 2 aliphatic heterocycles. The smallest absolute Gasteiger partial charge is 0.318 e. The number of hydrogen-bond acceptors (Lipinski definition) is 7. The van der Waals surface area contributed by atoms with Crippen LogP contribution in [0.4, 0.5) is 14.6 Å². The van der Waals surface area contributed by atoms with Crippen LogP contribution in [0.15, 0.2) is 72.8 Å². The van der Waals surface area contributed by atoms with Crippen LogP contribution in [-0.4, -0.2) is 64.0 Å². The highest BCUT2D eigenvalue weighted by Gasteiger charge is 2.47. The number of aromatic nitrogens is 4. The van der Waals surface area contributed by atoms with Crippen molar-refractivity contribution in [1.82, 2.24) is 24.8 Å². The summed E-state index contributed by atoms with van der Waals surface area (Å²) in [5.74, 6) is 1.19. The fourth-order valence-corrected chi connectivity index (χ4v) is 6.42. The maximum Gasteiger partial charge on any atom is 0.318 e. The van der Waals surface area contributed by atoms with Crippen LogP contribution in [0.5, 0.6) is 6.01 Å². The first-order valence-corrected chi connectivity index (χ1v) is 14.6. The number of anilines is 1. The van der Waals surface area contributed by atoms with E-state index >= 15 is 4.39 Å². The number of rotatable bonds is 5. The normalized spacial score (nSPS) is 16.1. The van der Waals surface area contributed by atoms with Crippen molar-refractivity contribution in [3.8, 4) is 29.6 Å². The number of terminal acetylenes is 1. The molecular formula is C35H28F2N6O2. The summed E-state index contributed by atoms with van der Waals surface area (Å²) in [5, 5.41) is 2.10. The average Bonchev–Trinajstić information content (AvgIpc) is 3.06. The van der Waals surface area contributed by atoms with Crippen molar-refractivity contribution >= 4 is 39.5 Å². The highest BCUT2D eigenvalue weighted by molar-refractivity contribution is 6.02. The molecule has 1 amide bonds. The van der Waals surface area contributed by atoms with Gasteiger partial charge in [-0.15, -0.1) is 6.42 Å². The van der Waals surface area contributed by atoms with E-state index in [1.165, 1.54) is 12.0 Å². The average molecular weight is 603 g/mol. The molecule has 2 aliphatic rings. The van der Waals surface area contributed by atoms with Gasteiger partial charge in [-0.3, -0.25) is 14.8 Å². The monoisotopic (exact) mass is 602 g/mol. The molecule has 2 saturated heterocycles. The zero-order valence-corrected chi connectivity index (χ0v) is 24.5. The van der Waals surface area contributed by atoms with Crippen LogP contribution >= 0.6 is 0 Å². The number of hydrogen-bond donors (Lipinski definition) is 0. The zero-order valence-electron chi connectivity index (χ0n) is 24.5. The molecule has 2 aromatic carbocycles. The first kappa shape index (κ1) is 28.3. The van der Waals surface area contributed by atoms with Crippen molar-refractivity contribution in [2.24, 2.45) is 5.41 Å². The summed E-state index contributed by atoms with van der Waals surface area (Å²) in [7, 11) is 1.45. The van der Waals surface area contributed by atoms with Gasteiger partial charge in [-0.25, -0.2) is 8.78 Å². The summed E-state index contributed by atoms with van der Waals surface area (Å²) >= 11 is 0. The molecule has 0 saturated carbocycles. The van der Waals surface area contributed by atoms with Gasteiger partial charge in [-0.05, 0) is 36.4 Å². The third-order valence-electron chi connectivity index (χ3n) is 8.77. The topological polar surface area (TPSA) is 84.3 Å². The largest absolute Gasteiger partial charge is 0.467 e. The molecule has 10 heteroatoms. The van der Waals surface area contributed by atoms with Gasteiger partial charge in [0, 0.05) is 66.6 Å². The minimum atomic E-state index is -0.826. The fraction of sp³-hybridized carbons (Fsp3) is 0.229. The van der Waals surface area contributed by atoms with E-state index in [2.05, 4.69) is 30.8 Å². The Hall–Kier alpha value is -5.43. The van der Waals surface area contributed by atoms with E-state index in [-0.39, 0.29) is 22.6 Å². The molecule has 2 fully saturated rings. The number of fused-ring (bicyclic) bond motifs is 2. The Kier molecular flexibility index (Phi) is 7.09. The molecular weight excluding hydrogens is 574 g/mol. The lowest BCUT2D eigenvalue weighted by Gasteiger charge is -2.54. The number of benzene rings is 2. The Balaban J connectivity index is 1.14. The molecule has 5 aromatic rings. The van der Waals surface area contributed by atoms with Crippen molar-refractivity contribution in [3.63, 3.8) is 0 Å². The molecule has 1 spiro atoms.